The molecular formula is C15H11Cl2FO2. The zero-order valence-electron chi connectivity index (χ0n) is 10.6. The molecule has 0 aliphatic heterocycles. The van der Waals surface area contributed by atoms with Crippen LogP contribution in [0.2, 0.25) is 10.0 Å². The van der Waals surface area contributed by atoms with Crippen molar-refractivity contribution in [3.05, 3.63) is 57.8 Å². The van der Waals surface area contributed by atoms with Gasteiger partial charge in [-0.25, -0.2) is 9.18 Å². The third-order valence-corrected chi connectivity index (χ3v) is 3.36. The van der Waals surface area contributed by atoms with Gasteiger partial charge >= 0.3 is 5.97 Å². The van der Waals surface area contributed by atoms with E-state index in [4.69, 9.17) is 27.9 Å². The standard InChI is InChI=1S/C15H11Cl2FO2/c1-2-20-15(19)10-6-3-5-9(14(10)18)13-11(16)7-4-8-12(13)17/h3-8H,2H2,1H3. The first-order chi connectivity index (χ1) is 9.56. The smallest absolute Gasteiger partial charge is 0.341 e. The SMILES string of the molecule is CCOC(=O)c1cccc(-c2c(Cl)cccc2Cl)c1F. The molecule has 0 saturated carbocycles. The lowest BCUT2D eigenvalue weighted by Crippen LogP contribution is -2.08. The van der Waals surface area contributed by atoms with Gasteiger partial charge < -0.3 is 4.74 Å². The first-order valence-corrected chi connectivity index (χ1v) is 6.71. The van der Waals surface area contributed by atoms with Gasteiger partial charge in [0.2, 0.25) is 0 Å². The maximum Gasteiger partial charge on any atom is 0.341 e. The van der Waals surface area contributed by atoms with Gasteiger partial charge in [0, 0.05) is 21.2 Å². The van der Waals surface area contributed by atoms with E-state index in [2.05, 4.69) is 0 Å². The second kappa shape index (κ2) is 6.25. The number of rotatable bonds is 3. The van der Waals surface area contributed by atoms with Crippen LogP contribution in [0.25, 0.3) is 11.1 Å². The van der Waals surface area contributed by atoms with Gasteiger partial charge in [0.25, 0.3) is 0 Å². The van der Waals surface area contributed by atoms with Crippen molar-refractivity contribution >= 4 is 29.2 Å². The van der Waals surface area contributed by atoms with E-state index in [0.29, 0.717) is 15.6 Å². The molecule has 20 heavy (non-hydrogen) atoms. The van der Waals surface area contributed by atoms with Gasteiger partial charge in [-0.05, 0) is 25.1 Å². The quantitative estimate of drug-likeness (QED) is 0.747. The zero-order valence-corrected chi connectivity index (χ0v) is 12.1. The molecule has 2 aromatic carbocycles. The van der Waals surface area contributed by atoms with Crippen molar-refractivity contribution in [2.75, 3.05) is 6.61 Å². The fourth-order valence-electron chi connectivity index (χ4n) is 1.85. The van der Waals surface area contributed by atoms with Crippen LogP contribution in [0.1, 0.15) is 17.3 Å². The molecule has 0 aliphatic carbocycles. The minimum Gasteiger partial charge on any atom is -0.462 e. The van der Waals surface area contributed by atoms with Crippen molar-refractivity contribution in [2.24, 2.45) is 0 Å². The molecule has 0 fully saturated rings. The fourth-order valence-corrected chi connectivity index (χ4v) is 2.45. The first-order valence-electron chi connectivity index (χ1n) is 5.96. The maximum atomic E-state index is 14.5. The van der Waals surface area contributed by atoms with E-state index in [9.17, 15) is 9.18 Å². The van der Waals surface area contributed by atoms with Crippen molar-refractivity contribution in [1.82, 2.24) is 0 Å². The third kappa shape index (κ3) is 2.79. The zero-order chi connectivity index (χ0) is 14.7. The van der Waals surface area contributed by atoms with E-state index in [-0.39, 0.29) is 17.7 Å². The van der Waals surface area contributed by atoms with Crippen LogP contribution in [0.5, 0.6) is 0 Å². The Balaban J connectivity index is 2.59. The molecule has 0 aromatic heterocycles. The Labute approximate surface area is 126 Å². The maximum absolute atomic E-state index is 14.5. The van der Waals surface area contributed by atoms with Crippen LogP contribution in [0, 0.1) is 5.82 Å². The van der Waals surface area contributed by atoms with E-state index >= 15 is 0 Å². The van der Waals surface area contributed by atoms with Gasteiger partial charge in [-0.1, -0.05) is 41.4 Å². The van der Waals surface area contributed by atoms with E-state index in [0.717, 1.165) is 0 Å². The number of benzene rings is 2. The Morgan fingerprint density at radius 3 is 2.35 bits per heavy atom. The van der Waals surface area contributed by atoms with Crippen LogP contribution < -0.4 is 0 Å². The van der Waals surface area contributed by atoms with Gasteiger partial charge in [-0.3, -0.25) is 0 Å². The summed E-state index contributed by atoms with van der Waals surface area (Å²) in [6, 6.07) is 9.33. The van der Waals surface area contributed by atoms with E-state index in [1.807, 2.05) is 0 Å². The highest BCUT2D eigenvalue weighted by Crippen LogP contribution is 2.36. The highest BCUT2D eigenvalue weighted by atomic mass is 35.5. The Hall–Kier alpha value is -1.58. The normalized spacial score (nSPS) is 10.4. The number of ether oxygens (including phenoxy) is 1. The molecule has 0 spiro atoms. The van der Waals surface area contributed by atoms with Gasteiger partial charge in [-0.15, -0.1) is 0 Å². The lowest BCUT2D eigenvalue weighted by atomic mass is 10.0. The first kappa shape index (κ1) is 14.8. The third-order valence-electron chi connectivity index (χ3n) is 2.73. The fraction of sp³-hybridized carbons (Fsp3) is 0.133. The largest absolute Gasteiger partial charge is 0.462 e. The van der Waals surface area contributed by atoms with Gasteiger partial charge in [0.1, 0.15) is 5.82 Å². The van der Waals surface area contributed by atoms with Gasteiger partial charge in [0.05, 0.1) is 12.2 Å². The topological polar surface area (TPSA) is 26.3 Å². The number of hydrogen-bond donors (Lipinski definition) is 0. The Kier molecular flexibility index (Phi) is 4.63. The predicted octanol–water partition coefficient (Wildman–Crippen LogP) is 4.98. The molecule has 0 aliphatic rings. The molecule has 0 saturated heterocycles. The average Bonchev–Trinajstić information content (AvgIpc) is 2.40. The van der Waals surface area contributed by atoms with E-state index < -0.39 is 11.8 Å². The average molecular weight is 313 g/mol. The molecule has 0 radical (unpaired) electrons. The van der Waals surface area contributed by atoms with Crippen molar-refractivity contribution < 1.29 is 13.9 Å². The molecule has 0 bridgehead atoms. The van der Waals surface area contributed by atoms with E-state index in [1.165, 1.54) is 12.1 Å². The number of hydrogen-bond acceptors (Lipinski definition) is 2. The molecule has 104 valence electrons. The summed E-state index contributed by atoms with van der Waals surface area (Å²) in [5.41, 5.74) is 0.394. The van der Waals surface area contributed by atoms with Crippen LogP contribution >= 0.6 is 23.2 Å². The Morgan fingerprint density at radius 2 is 1.75 bits per heavy atom. The molecule has 0 N–H and O–H groups in total. The monoisotopic (exact) mass is 312 g/mol. The summed E-state index contributed by atoms with van der Waals surface area (Å²) in [6.07, 6.45) is 0. The molecule has 0 unspecified atom stereocenters. The highest BCUT2D eigenvalue weighted by Gasteiger charge is 2.19. The Morgan fingerprint density at radius 1 is 1.15 bits per heavy atom. The van der Waals surface area contributed by atoms with Crippen LogP contribution in [0.3, 0.4) is 0 Å². The van der Waals surface area contributed by atoms with Crippen molar-refractivity contribution in [1.29, 1.82) is 0 Å². The van der Waals surface area contributed by atoms with Crippen molar-refractivity contribution in [2.45, 2.75) is 6.92 Å². The molecule has 0 amide bonds. The molecule has 5 heteroatoms. The van der Waals surface area contributed by atoms with Crippen LogP contribution in [-0.4, -0.2) is 12.6 Å². The van der Waals surface area contributed by atoms with Crippen molar-refractivity contribution in [3.8, 4) is 11.1 Å². The highest BCUT2D eigenvalue weighted by molar-refractivity contribution is 6.39. The predicted molar refractivity (Wildman–Crippen MR) is 77.8 cm³/mol. The minimum absolute atomic E-state index is 0.139. The lowest BCUT2D eigenvalue weighted by molar-refractivity contribution is 0.0521. The summed E-state index contributed by atoms with van der Waals surface area (Å²) < 4.78 is 19.3. The van der Waals surface area contributed by atoms with Crippen molar-refractivity contribution in [3.63, 3.8) is 0 Å². The molecule has 0 heterocycles. The summed E-state index contributed by atoms with van der Waals surface area (Å²) in [6.45, 7) is 1.83. The molecule has 2 rings (SSSR count). The second-order valence-electron chi connectivity index (χ2n) is 3.98. The summed E-state index contributed by atoms with van der Waals surface area (Å²) in [5.74, 6) is -1.41. The molecular weight excluding hydrogens is 302 g/mol. The number of carbonyl (C=O) groups excluding carboxylic acids is 1. The second-order valence-corrected chi connectivity index (χ2v) is 4.80. The number of carbonyl (C=O) groups is 1. The summed E-state index contributed by atoms with van der Waals surface area (Å²) in [5, 5.41) is 0.634. The minimum atomic E-state index is -0.713. The van der Waals surface area contributed by atoms with Gasteiger partial charge in [0.15, 0.2) is 0 Å². The van der Waals surface area contributed by atoms with Gasteiger partial charge in [-0.2, -0.15) is 0 Å². The summed E-state index contributed by atoms with van der Waals surface area (Å²) in [7, 11) is 0. The molecule has 2 nitrogen and oxygen atoms in total. The lowest BCUT2D eigenvalue weighted by Gasteiger charge is -2.11. The summed E-state index contributed by atoms with van der Waals surface area (Å²) >= 11 is 12.1. The van der Waals surface area contributed by atoms with Crippen LogP contribution in [0.15, 0.2) is 36.4 Å². The Bertz CT molecular complexity index is 636. The molecule has 0 atom stereocenters. The van der Waals surface area contributed by atoms with E-state index in [1.54, 1.807) is 31.2 Å². The molecule has 2 aromatic rings. The summed E-state index contributed by atoms with van der Waals surface area (Å²) in [4.78, 5) is 11.7. The van der Waals surface area contributed by atoms with Crippen LogP contribution in [-0.2, 0) is 4.74 Å². The number of halogens is 3. The number of esters is 1. The van der Waals surface area contributed by atoms with Crippen LogP contribution in [0.4, 0.5) is 4.39 Å².